The minimum atomic E-state index is -0.251. The first kappa shape index (κ1) is 13.2. The van der Waals surface area contributed by atoms with E-state index in [0.717, 1.165) is 11.3 Å². The minimum absolute atomic E-state index is 0.0643. The van der Waals surface area contributed by atoms with Crippen molar-refractivity contribution in [1.82, 2.24) is 5.32 Å². The Morgan fingerprint density at radius 2 is 2.12 bits per heavy atom. The lowest BCUT2D eigenvalue weighted by atomic mass is 10.2. The molecule has 0 spiro atoms. The fraction of sp³-hybridized carbons (Fsp3) is 0.385. The standard InChI is InChI=1S/C13H17NO3/c1-3-17-12-6-4-5-11(8-12)9-14-13(16)7-10(2)15/h4-6,8H,3,7,9H2,1-2H3,(H,14,16). The maximum Gasteiger partial charge on any atom is 0.227 e. The first-order chi connectivity index (χ1) is 8.11. The van der Waals surface area contributed by atoms with E-state index in [1.165, 1.54) is 6.92 Å². The van der Waals surface area contributed by atoms with E-state index in [4.69, 9.17) is 4.74 Å². The van der Waals surface area contributed by atoms with Crippen LogP contribution >= 0.6 is 0 Å². The Morgan fingerprint density at radius 3 is 2.76 bits per heavy atom. The zero-order chi connectivity index (χ0) is 12.7. The highest BCUT2D eigenvalue weighted by Gasteiger charge is 2.04. The summed E-state index contributed by atoms with van der Waals surface area (Å²) in [4.78, 5) is 22.0. The molecule has 4 heteroatoms. The molecule has 1 N–H and O–H groups in total. The molecule has 0 saturated heterocycles. The van der Waals surface area contributed by atoms with Gasteiger partial charge in [0.2, 0.25) is 5.91 Å². The van der Waals surface area contributed by atoms with E-state index in [1.54, 1.807) is 0 Å². The molecule has 0 saturated carbocycles. The summed E-state index contributed by atoms with van der Waals surface area (Å²) in [6.07, 6.45) is -0.0643. The van der Waals surface area contributed by atoms with Gasteiger partial charge in [0.25, 0.3) is 0 Å². The second kappa shape index (κ2) is 6.68. The van der Waals surface area contributed by atoms with Crippen LogP contribution in [0.3, 0.4) is 0 Å². The summed E-state index contributed by atoms with van der Waals surface area (Å²) >= 11 is 0. The zero-order valence-corrected chi connectivity index (χ0v) is 10.2. The van der Waals surface area contributed by atoms with Crippen molar-refractivity contribution < 1.29 is 14.3 Å². The molecule has 4 nitrogen and oxygen atoms in total. The van der Waals surface area contributed by atoms with Gasteiger partial charge in [0.05, 0.1) is 13.0 Å². The van der Waals surface area contributed by atoms with Crippen molar-refractivity contribution in [2.24, 2.45) is 0 Å². The van der Waals surface area contributed by atoms with E-state index in [2.05, 4.69) is 5.32 Å². The van der Waals surface area contributed by atoms with Crippen molar-refractivity contribution in [2.75, 3.05) is 6.61 Å². The second-order valence-corrected chi connectivity index (χ2v) is 3.74. The molecule has 92 valence electrons. The Labute approximate surface area is 101 Å². The lowest BCUT2D eigenvalue weighted by Crippen LogP contribution is -2.24. The molecule has 0 atom stereocenters. The number of Topliss-reactive ketones (excluding diaryl/α,β-unsaturated/α-hetero) is 1. The van der Waals surface area contributed by atoms with Crippen molar-refractivity contribution in [3.05, 3.63) is 29.8 Å². The predicted molar refractivity (Wildman–Crippen MR) is 64.8 cm³/mol. The van der Waals surface area contributed by atoms with Gasteiger partial charge in [-0.15, -0.1) is 0 Å². The predicted octanol–water partition coefficient (Wildman–Crippen LogP) is 1.68. The molecule has 1 aromatic carbocycles. The molecular weight excluding hydrogens is 218 g/mol. The van der Waals surface area contributed by atoms with Crippen LogP contribution in [0.1, 0.15) is 25.8 Å². The average Bonchev–Trinajstić information content (AvgIpc) is 2.26. The lowest BCUT2D eigenvalue weighted by molar-refractivity contribution is -0.127. The van der Waals surface area contributed by atoms with Gasteiger partial charge in [-0.3, -0.25) is 9.59 Å². The molecule has 0 fully saturated rings. The number of carbonyl (C=O) groups is 2. The number of carbonyl (C=O) groups excluding carboxylic acids is 2. The van der Waals surface area contributed by atoms with E-state index in [-0.39, 0.29) is 18.1 Å². The first-order valence-electron chi connectivity index (χ1n) is 5.59. The minimum Gasteiger partial charge on any atom is -0.494 e. The number of amides is 1. The summed E-state index contributed by atoms with van der Waals surface area (Å²) in [6, 6.07) is 7.51. The number of ketones is 1. The van der Waals surface area contributed by atoms with Gasteiger partial charge in [-0.1, -0.05) is 12.1 Å². The summed E-state index contributed by atoms with van der Waals surface area (Å²) in [5, 5.41) is 2.68. The molecule has 0 bridgehead atoms. The van der Waals surface area contributed by atoms with Crippen LogP contribution in [0, 0.1) is 0 Å². The van der Waals surface area contributed by atoms with E-state index < -0.39 is 0 Å². The van der Waals surface area contributed by atoms with Crippen LogP contribution in [0.5, 0.6) is 5.75 Å². The molecule has 0 aliphatic heterocycles. The molecule has 17 heavy (non-hydrogen) atoms. The van der Waals surface area contributed by atoms with Gasteiger partial charge >= 0.3 is 0 Å². The van der Waals surface area contributed by atoms with Crippen LogP contribution in [-0.4, -0.2) is 18.3 Å². The largest absolute Gasteiger partial charge is 0.494 e. The maximum atomic E-state index is 11.3. The van der Waals surface area contributed by atoms with Gasteiger partial charge < -0.3 is 10.1 Å². The molecule has 1 rings (SSSR count). The zero-order valence-electron chi connectivity index (χ0n) is 10.2. The van der Waals surface area contributed by atoms with E-state index in [0.29, 0.717) is 13.2 Å². The van der Waals surface area contributed by atoms with Crippen LogP contribution in [0.2, 0.25) is 0 Å². The molecule has 0 radical (unpaired) electrons. The van der Waals surface area contributed by atoms with Crippen LogP contribution in [0.4, 0.5) is 0 Å². The van der Waals surface area contributed by atoms with Crippen LogP contribution in [-0.2, 0) is 16.1 Å². The molecule has 0 heterocycles. The number of hydrogen-bond donors (Lipinski definition) is 1. The highest BCUT2D eigenvalue weighted by molar-refractivity contribution is 5.96. The number of ether oxygens (including phenoxy) is 1. The highest BCUT2D eigenvalue weighted by Crippen LogP contribution is 2.12. The number of hydrogen-bond acceptors (Lipinski definition) is 3. The maximum absolute atomic E-state index is 11.3. The molecular formula is C13H17NO3. The summed E-state index contributed by atoms with van der Waals surface area (Å²) in [7, 11) is 0. The summed E-state index contributed by atoms with van der Waals surface area (Å²) in [5.41, 5.74) is 0.952. The molecule has 0 aromatic heterocycles. The lowest BCUT2D eigenvalue weighted by Gasteiger charge is -2.07. The average molecular weight is 235 g/mol. The summed E-state index contributed by atoms with van der Waals surface area (Å²) in [6.45, 7) is 4.34. The van der Waals surface area contributed by atoms with Gasteiger partial charge in [-0.2, -0.15) is 0 Å². The third-order valence-electron chi connectivity index (χ3n) is 2.11. The molecule has 1 amide bonds. The number of nitrogens with one attached hydrogen (secondary N) is 1. The van der Waals surface area contributed by atoms with E-state index >= 15 is 0 Å². The summed E-state index contributed by atoms with van der Waals surface area (Å²) < 4.78 is 5.35. The van der Waals surface area contributed by atoms with Crippen LogP contribution in [0.25, 0.3) is 0 Å². The van der Waals surface area contributed by atoms with Gasteiger partial charge in [0.15, 0.2) is 0 Å². The number of benzene rings is 1. The van der Waals surface area contributed by atoms with Crippen molar-refractivity contribution in [2.45, 2.75) is 26.8 Å². The van der Waals surface area contributed by atoms with Gasteiger partial charge in [0, 0.05) is 6.54 Å². The van der Waals surface area contributed by atoms with Gasteiger partial charge in [-0.25, -0.2) is 0 Å². The SMILES string of the molecule is CCOc1cccc(CNC(=O)CC(C)=O)c1. The third kappa shape index (κ3) is 5.15. The van der Waals surface area contributed by atoms with Crippen molar-refractivity contribution >= 4 is 11.7 Å². The topological polar surface area (TPSA) is 55.4 Å². The molecule has 1 aromatic rings. The Balaban J connectivity index is 2.48. The van der Waals surface area contributed by atoms with E-state index in [9.17, 15) is 9.59 Å². The smallest absolute Gasteiger partial charge is 0.227 e. The third-order valence-corrected chi connectivity index (χ3v) is 2.11. The Hall–Kier alpha value is -1.84. The van der Waals surface area contributed by atoms with Crippen molar-refractivity contribution in [3.63, 3.8) is 0 Å². The Kier molecular flexibility index (Phi) is 5.20. The van der Waals surface area contributed by atoms with Crippen molar-refractivity contribution in [1.29, 1.82) is 0 Å². The van der Waals surface area contributed by atoms with E-state index in [1.807, 2.05) is 31.2 Å². The second-order valence-electron chi connectivity index (χ2n) is 3.74. The Bertz CT molecular complexity index is 401. The fourth-order valence-electron chi connectivity index (χ4n) is 1.40. The molecule has 0 aliphatic carbocycles. The van der Waals surface area contributed by atoms with Crippen molar-refractivity contribution in [3.8, 4) is 5.75 Å². The normalized spacial score (nSPS) is 9.76. The highest BCUT2D eigenvalue weighted by atomic mass is 16.5. The summed E-state index contributed by atoms with van der Waals surface area (Å²) in [5.74, 6) is 0.399. The van der Waals surface area contributed by atoms with Gasteiger partial charge in [0.1, 0.15) is 11.5 Å². The van der Waals surface area contributed by atoms with Crippen LogP contribution < -0.4 is 10.1 Å². The monoisotopic (exact) mass is 235 g/mol. The quantitative estimate of drug-likeness (QED) is 0.763. The number of rotatable bonds is 6. The molecule has 0 unspecified atom stereocenters. The molecule has 0 aliphatic rings. The fourth-order valence-corrected chi connectivity index (χ4v) is 1.40. The van der Waals surface area contributed by atoms with Crippen LogP contribution in [0.15, 0.2) is 24.3 Å². The first-order valence-corrected chi connectivity index (χ1v) is 5.59. The van der Waals surface area contributed by atoms with Gasteiger partial charge in [-0.05, 0) is 31.5 Å². The Morgan fingerprint density at radius 1 is 1.35 bits per heavy atom.